The van der Waals surface area contributed by atoms with Crippen LogP contribution >= 0.6 is 11.6 Å². The van der Waals surface area contributed by atoms with E-state index in [2.05, 4.69) is 19.2 Å². The molecule has 0 unspecified atom stereocenters. The summed E-state index contributed by atoms with van der Waals surface area (Å²) in [6, 6.07) is 11.3. The number of hydrogen-bond donors (Lipinski definition) is 1. The molecule has 0 bridgehead atoms. The van der Waals surface area contributed by atoms with E-state index in [1.54, 1.807) is 0 Å². The zero-order valence-electron chi connectivity index (χ0n) is 15.2. The number of hydrogen-bond acceptors (Lipinski definition) is 4. The SMILES string of the molecule is CCC1(CC)C[C@H](NC(=O)c2ccc([N+](=O)[O-])cc2Cl)c2ccccc2O1. The Hall–Kier alpha value is -2.60. The molecule has 1 aliphatic heterocycles. The molecule has 142 valence electrons. The first kappa shape index (κ1) is 19.2. The van der Waals surface area contributed by atoms with Crippen molar-refractivity contribution < 1.29 is 14.5 Å². The van der Waals surface area contributed by atoms with Crippen LogP contribution in [0, 0.1) is 10.1 Å². The van der Waals surface area contributed by atoms with Gasteiger partial charge in [-0.3, -0.25) is 14.9 Å². The van der Waals surface area contributed by atoms with Gasteiger partial charge in [0.05, 0.1) is 21.6 Å². The van der Waals surface area contributed by atoms with Crippen molar-refractivity contribution in [2.24, 2.45) is 0 Å². The summed E-state index contributed by atoms with van der Waals surface area (Å²) < 4.78 is 6.25. The third-order valence-corrected chi connectivity index (χ3v) is 5.51. The number of fused-ring (bicyclic) bond motifs is 1. The summed E-state index contributed by atoms with van der Waals surface area (Å²) in [5.41, 5.74) is 0.640. The summed E-state index contributed by atoms with van der Waals surface area (Å²) in [5.74, 6) is 0.408. The second-order valence-corrected chi connectivity index (χ2v) is 7.09. The molecular formula is C20H21ClN2O4. The highest BCUT2D eigenvalue weighted by molar-refractivity contribution is 6.34. The van der Waals surface area contributed by atoms with Gasteiger partial charge in [0.1, 0.15) is 11.4 Å². The van der Waals surface area contributed by atoms with Gasteiger partial charge in [0.15, 0.2) is 0 Å². The normalized spacial score (nSPS) is 17.5. The van der Waals surface area contributed by atoms with Crippen LogP contribution in [0.25, 0.3) is 0 Å². The van der Waals surface area contributed by atoms with Crippen molar-refractivity contribution in [3.05, 3.63) is 68.7 Å². The van der Waals surface area contributed by atoms with Crippen molar-refractivity contribution in [2.45, 2.75) is 44.8 Å². The first-order valence-electron chi connectivity index (χ1n) is 8.92. The molecule has 6 nitrogen and oxygen atoms in total. The topological polar surface area (TPSA) is 81.5 Å². The molecular weight excluding hydrogens is 368 g/mol. The summed E-state index contributed by atoms with van der Waals surface area (Å²) in [7, 11) is 0. The van der Waals surface area contributed by atoms with E-state index in [0.29, 0.717) is 6.42 Å². The number of nitro benzene ring substituents is 1. The third kappa shape index (κ3) is 3.76. The van der Waals surface area contributed by atoms with Gasteiger partial charge in [0.2, 0.25) is 0 Å². The maximum absolute atomic E-state index is 12.8. The van der Waals surface area contributed by atoms with Crippen molar-refractivity contribution in [1.82, 2.24) is 5.32 Å². The van der Waals surface area contributed by atoms with E-state index in [-0.39, 0.29) is 33.8 Å². The monoisotopic (exact) mass is 388 g/mol. The number of nitrogens with one attached hydrogen (secondary N) is 1. The maximum Gasteiger partial charge on any atom is 0.270 e. The number of para-hydroxylation sites is 1. The number of amides is 1. The average molecular weight is 389 g/mol. The van der Waals surface area contributed by atoms with Crippen molar-refractivity contribution in [3.8, 4) is 5.75 Å². The summed E-state index contributed by atoms with van der Waals surface area (Å²) in [4.78, 5) is 23.1. The predicted molar refractivity (Wildman–Crippen MR) is 103 cm³/mol. The Morgan fingerprint density at radius 2 is 2.00 bits per heavy atom. The Kier molecular flexibility index (Phi) is 5.37. The van der Waals surface area contributed by atoms with Crippen LogP contribution in [0.4, 0.5) is 5.69 Å². The quantitative estimate of drug-likeness (QED) is 0.573. The standard InChI is InChI=1S/C20H21ClN2O4/c1-3-20(4-2)12-17(15-7-5-6-8-18(15)27-20)22-19(24)14-10-9-13(23(25)26)11-16(14)21/h5-11,17H,3-4,12H2,1-2H3,(H,22,24)/t17-/m0/s1. The van der Waals surface area contributed by atoms with Crippen LogP contribution in [0.3, 0.4) is 0 Å². The lowest BCUT2D eigenvalue weighted by atomic mass is 9.83. The summed E-state index contributed by atoms with van der Waals surface area (Å²) in [6.45, 7) is 4.15. The number of carbonyl (C=O) groups excluding carboxylic acids is 1. The molecule has 3 rings (SSSR count). The molecule has 0 saturated carbocycles. The van der Waals surface area contributed by atoms with Gasteiger partial charge in [-0.1, -0.05) is 43.6 Å². The second kappa shape index (κ2) is 7.56. The number of carbonyl (C=O) groups is 1. The first-order chi connectivity index (χ1) is 12.9. The Bertz CT molecular complexity index is 880. The molecule has 2 aromatic carbocycles. The van der Waals surface area contributed by atoms with E-state index in [4.69, 9.17) is 16.3 Å². The number of halogens is 1. The van der Waals surface area contributed by atoms with E-state index in [9.17, 15) is 14.9 Å². The molecule has 1 heterocycles. The molecule has 1 amide bonds. The largest absolute Gasteiger partial charge is 0.487 e. The van der Waals surface area contributed by atoms with Crippen LogP contribution in [0.5, 0.6) is 5.75 Å². The number of benzene rings is 2. The van der Waals surface area contributed by atoms with Crippen molar-refractivity contribution in [2.75, 3.05) is 0 Å². The Balaban J connectivity index is 1.90. The predicted octanol–water partition coefficient (Wildman–Crippen LogP) is 5.06. The maximum atomic E-state index is 12.8. The lowest BCUT2D eigenvalue weighted by Gasteiger charge is -2.41. The van der Waals surface area contributed by atoms with Gasteiger partial charge in [-0.15, -0.1) is 0 Å². The lowest BCUT2D eigenvalue weighted by molar-refractivity contribution is -0.384. The molecule has 1 atom stereocenters. The molecule has 0 saturated heterocycles. The Morgan fingerprint density at radius 3 is 2.63 bits per heavy atom. The van der Waals surface area contributed by atoms with E-state index in [0.717, 1.165) is 24.2 Å². The van der Waals surface area contributed by atoms with Gasteiger partial charge in [-0.2, -0.15) is 0 Å². The average Bonchev–Trinajstić information content (AvgIpc) is 2.67. The van der Waals surface area contributed by atoms with Gasteiger partial charge < -0.3 is 10.1 Å². The van der Waals surface area contributed by atoms with E-state index >= 15 is 0 Å². The van der Waals surface area contributed by atoms with Gasteiger partial charge in [-0.25, -0.2) is 0 Å². The minimum atomic E-state index is -0.543. The molecule has 0 aliphatic carbocycles. The van der Waals surface area contributed by atoms with E-state index in [1.165, 1.54) is 18.2 Å². The molecule has 0 spiro atoms. The van der Waals surface area contributed by atoms with Gasteiger partial charge in [0.25, 0.3) is 11.6 Å². The minimum absolute atomic E-state index is 0.0549. The van der Waals surface area contributed by atoms with Crippen molar-refractivity contribution >= 4 is 23.2 Å². The molecule has 0 radical (unpaired) electrons. The summed E-state index contributed by atoms with van der Waals surface area (Å²) >= 11 is 6.11. The van der Waals surface area contributed by atoms with Crippen LogP contribution in [0.1, 0.15) is 55.1 Å². The molecule has 1 N–H and O–H groups in total. The number of ether oxygens (including phenoxy) is 1. The summed E-state index contributed by atoms with van der Waals surface area (Å²) in [5, 5.41) is 13.9. The zero-order valence-corrected chi connectivity index (χ0v) is 16.0. The van der Waals surface area contributed by atoms with Gasteiger partial charge in [0, 0.05) is 24.1 Å². The van der Waals surface area contributed by atoms with Crippen molar-refractivity contribution in [1.29, 1.82) is 0 Å². The van der Waals surface area contributed by atoms with Gasteiger partial charge in [-0.05, 0) is 25.0 Å². The van der Waals surface area contributed by atoms with Crippen LogP contribution < -0.4 is 10.1 Å². The lowest BCUT2D eigenvalue weighted by Crippen LogP contribution is -2.44. The zero-order chi connectivity index (χ0) is 19.6. The number of non-ortho nitro benzene ring substituents is 1. The number of nitrogens with zero attached hydrogens (tertiary/aromatic N) is 1. The van der Waals surface area contributed by atoms with Gasteiger partial charge >= 0.3 is 0 Å². The molecule has 0 aromatic heterocycles. The third-order valence-electron chi connectivity index (χ3n) is 5.20. The first-order valence-corrected chi connectivity index (χ1v) is 9.29. The minimum Gasteiger partial charge on any atom is -0.487 e. The highest BCUT2D eigenvalue weighted by Gasteiger charge is 2.39. The smallest absolute Gasteiger partial charge is 0.270 e. The molecule has 0 fully saturated rings. The Morgan fingerprint density at radius 1 is 1.30 bits per heavy atom. The van der Waals surface area contributed by atoms with Crippen LogP contribution in [0.15, 0.2) is 42.5 Å². The van der Waals surface area contributed by atoms with E-state index in [1.807, 2.05) is 24.3 Å². The van der Waals surface area contributed by atoms with Crippen LogP contribution in [-0.4, -0.2) is 16.4 Å². The fourth-order valence-corrected chi connectivity index (χ4v) is 3.73. The molecule has 1 aliphatic rings. The van der Waals surface area contributed by atoms with Crippen LogP contribution in [-0.2, 0) is 0 Å². The molecule has 27 heavy (non-hydrogen) atoms. The molecule has 2 aromatic rings. The van der Waals surface area contributed by atoms with E-state index < -0.39 is 4.92 Å². The fraction of sp³-hybridized carbons (Fsp3) is 0.350. The molecule has 7 heteroatoms. The number of rotatable bonds is 5. The summed E-state index contributed by atoms with van der Waals surface area (Å²) in [6.07, 6.45) is 2.29. The van der Waals surface area contributed by atoms with Crippen LogP contribution in [0.2, 0.25) is 5.02 Å². The highest BCUT2D eigenvalue weighted by atomic mass is 35.5. The highest BCUT2D eigenvalue weighted by Crippen LogP contribution is 2.42. The Labute approximate surface area is 162 Å². The second-order valence-electron chi connectivity index (χ2n) is 6.68. The number of nitro groups is 1. The fourth-order valence-electron chi connectivity index (χ4n) is 3.47. The van der Waals surface area contributed by atoms with Crippen molar-refractivity contribution in [3.63, 3.8) is 0 Å².